The lowest BCUT2D eigenvalue weighted by atomic mass is 10.0. The Morgan fingerprint density at radius 1 is 1.33 bits per heavy atom. The predicted octanol–water partition coefficient (Wildman–Crippen LogP) is 3.46. The van der Waals surface area contributed by atoms with E-state index in [1.807, 2.05) is 35.6 Å². The van der Waals surface area contributed by atoms with Crippen LogP contribution in [0.3, 0.4) is 0 Å². The highest BCUT2D eigenvalue weighted by Crippen LogP contribution is 2.26. The predicted molar refractivity (Wildman–Crippen MR) is 94.2 cm³/mol. The molecule has 1 aliphatic heterocycles. The number of hydrogen-bond donors (Lipinski definition) is 1. The highest BCUT2D eigenvalue weighted by atomic mass is 16.2. The molecule has 1 atom stereocenters. The van der Waals surface area contributed by atoms with Crippen LogP contribution < -0.4 is 0 Å². The summed E-state index contributed by atoms with van der Waals surface area (Å²) in [6.07, 6.45) is 7.74. The average molecular weight is 322 g/mol. The molecule has 1 aromatic carbocycles. The number of aromatic amines is 1. The molecule has 1 aliphatic rings. The van der Waals surface area contributed by atoms with Crippen LogP contribution in [0.1, 0.15) is 40.5 Å². The van der Waals surface area contributed by atoms with Gasteiger partial charge in [0.2, 0.25) is 0 Å². The van der Waals surface area contributed by atoms with Crippen molar-refractivity contribution in [1.82, 2.24) is 19.4 Å². The standard InChI is InChI=1S/C19H22N4O/c1-13-14(2)21-18-6-5-15(10-17(13)18)19(24)22-8-3-4-16(11-22)23-9-7-20-12-23/h5-7,9-10,12,16,21H,3-4,8,11H2,1-2H3/t16-/m0/s1. The van der Waals surface area contributed by atoms with Crippen molar-refractivity contribution in [3.05, 3.63) is 53.7 Å². The number of imidazole rings is 1. The van der Waals surface area contributed by atoms with Crippen LogP contribution in [0.2, 0.25) is 0 Å². The first-order chi connectivity index (χ1) is 11.6. The number of amides is 1. The van der Waals surface area contributed by atoms with Gasteiger partial charge in [-0.2, -0.15) is 0 Å². The van der Waals surface area contributed by atoms with Crippen molar-refractivity contribution in [3.8, 4) is 0 Å². The second-order valence-electron chi connectivity index (χ2n) is 6.69. The minimum atomic E-state index is 0.125. The number of aromatic nitrogens is 3. The minimum absolute atomic E-state index is 0.125. The maximum absolute atomic E-state index is 13.0. The fraction of sp³-hybridized carbons (Fsp3) is 0.368. The quantitative estimate of drug-likeness (QED) is 0.785. The van der Waals surface area contributed by atoms with Gasteiger partial charge in [-0.05, 0) is 50.5 Å². The molecule has 5 nitrogen and oxygen atoms in total. The summed E-state index contributed by atoms with van der Waals surface area (Å²) in [5.74, 6) is 0.125. The molecular formula is C19H22N4O. The Bertz CT molecular complexity index is 878. The number of aryl methyl sites for hydroxylation is 2. The van der Waals surface area contributed by atoms with Crippen molar-refractivity contribution in [2.75, 3.05) is 13.1 Å². The van der Waals surface area contributed by atoms with Crippen molar-refractivity contribution >= 4 is 16.8 Å². The minimum Gasteiger partial charge on any atom is -0.358 e. The van der Waals surface area contributed by atoms with Crippen LogP contribution in [-0.4, -0.2) is 38.4 Å². The molecule has 5 heteroatoms. The SMILES string of the molecule is Cc1[nH]c2ccc(C(=O)N3CCC[C@H](n4ccnc4)C3)cc2c1C. The number of rotatable bonds is 2. The van der Waals surface area contributed by atoms with Gasteiger partial charge in [-0.3, -0.25) is 4.79 Å². The molecule has 3 aromatic rings. The maximum Gasteiger partial charge on any atom is 0.253 e. The van der Waals surface area contributed by atoms with Crippen molar-refractivity contribution in [2.24, 2.45) is 0 Å². The van der Waals surface area contributed by atoms with E-state index in [1.165, 1.54) is 5.56 Å². The molecule has 0 bridgehead atoms. The van der Waals surface area contributed by atoms with Crippen LogP contribution >= 0.6 is 0 Å². The molecule has 3 heterocycles. The van der Waals surface area contributed by atoms with E-state index in [0.29, 0.717) is 6.04 Å². The lowest BCUT2D eigenvalue weighted by molar-refractivity contribution is 0.0679. The molecule has 2 aromatic heterocycles. The van der Waals surface area contributed by atoms with E-state index < -0.39 is 0 Å². The Balaban J connectivity index is 1.59. The van der Waals surface area contributed by atoms with Gasteiger partial charge < -0.3 is 14.5 Å². The topological polar surface area (TPSA) is 53.9 Å². The van der Waals surface area contributed by atoms with Gasteiger partial charge in [0.15, 0.2) is 0 Å². The Labute approximate surface area is 141 Å². The number of benzene rings is 1. The van der Waals surface area contributed by atoms with Crippen molar-refractivity contribution in [2.45, 2.75) is 32.7 Å². The van der Waals surface area contributed by atoms with Crippen LogP contribution in [0.5, 0.6) is 0 Å². The molecule has 0 saturated carbocycles. The summed E-state index contributed by atoms with van der Waals surface area (Å²) in [7, 11) is 0. The molecule has 0 aliphatic carbocycles. The summed E-state index contributed by atoms with van der Waals surface area (Å²) >= 11 is 0. The van der Waals surface area contributed by atoms with Crippen LogP contribution in [0.25, 0.3) is 10.9 Å². The lowest BCUT2D eigenvalue weighted by Gasteiger charge is -2.33. The number of hydrogen-bond acceptors (Lipinski definition) is 2. The van der Waals surface area contributed by atoms with Crippen LogP contribution in [0.15, 0.2) is 36.9 Å². The van der Waals surface area contributed by atoms with Gasteiger partial charge >= 0.3 is 0 Å². The highest BCUT2D eigenvalue weighted by Gasteiger charge is 2.25. The zero-order chi connectivity index (χ0) is 16.7. The number of piperidine rings is 1. The van der Waals surface area contributed by atoms with Crippen LogP contribution in [0, 0.1) is 13.8 Å². The van der Waals surface area contributed by atoms with Gasteiger partial charge in [0, 0.05) is 47.6 Å². The number of carbonyl (C=O) groups excluding carboxylic acids is 1. The Morgan fingerprint density at radius 2 is 2.21 bits per heavy atom. The first-order valence-corrected chi connectivity index (χ1v) is 8.49. The third-order valence-electron chi connectivity index (χ3n) is 5.19. The molecule has 1 N–H and O–H groups in total. The number of H-pyrrole nitrogens is 1. The maximum atomic E-state index is 13.0. The number of nitrogens with zero attached hydrogens (tertiary/aromatic N) is 3. The summed E-state index contributed by atoms with van der Waals surface area (Å²) < 4.78 is 2.11. The number of carbonyl (C=O) groups is 1. The van der Waals surface area contributed by atoms with Crippen molar-refractivity contribution in [1.29, 1.82) is 0 Å². The zero-order valence-corrected chi connectivity index (χ0v) is 14.1. The molecule has 1 amide bonds. The highest BCUT2D eigenvalue weighted by molar-refractivity contribution is 5.99. The summed E-state index contributed by atoms with van der Waals surface area (Å²) in [6, 6.07) is 6.29. The van der Waals surface area contributed by atoms with Gasteiger partial charge in [0.1, 0.15) is 0 Å². The Hall–Kier alpha value is -2.56. The fourth-order valence-corrected chi connectivity index (χ4v) is 3.64. The second-order valence-corrected chi connectivity index (χ2v) is 6.69. The molecule has 1 saturated heterocycles. The summed E-state index contributed by atoms with van der Waals surface area (Å²) in [4.78, 5) is 22.4. The van der Waals surface area contributed by atoms with E-state index in [1.54, 1.807) is 6.20 Å². The number of nitrogens with one attached hydrogen (secondary N) is 1. The molecule has 1 fully saturated rings. The molecule has 124 valence electrons. The smallest absolute Gasteiger partial charge is 0.253 e. The normalized spacial score (nSPS) is 18.2. The Morgan fingerprint density at radius 3 is 3.00 bits per heavy atom. The third-order valence-corrected chi connectivity index (χ3v) is 5.19. The van der Waals surface area contributed by atoms with E-state index >= 15 is 0 Å². The summed E-state index contributed by atoms with van der Waals surface area (Å²) in [5, 5.41) is 1.14. The molecule has 0 spiro atoms. The first kappa shape index (κ1) is 15.0. The molecular weight excluding hydrogens is 300 g/mol. The number of likely N-dealkylation sites (tertiary alicyclic amines) is 1. The van der Waals surface area contributed by atoms with Crippen molar-refractivity contribution in [3.63, 3.8) is 0 Å². The molecule has 24 heavy (non-hydrogen) atoms. The van der Waals surface area contributed by atoms with E-state index in [9.17, 15) is 4.79 Å². The lowest BCUT2D eigenvalue weighted by Crippen LogP contribution is -2.40. The van der Waals surface area contributed by atoms with Gasteiger partial charge in [-0.1, -0.05) is 0 Å². The summed E-state index contributed by atoms with van der Waals surface area (Å²) in [6.45, 7) is 5.74. The van der Waals surface area contributed by atoms with Crippen molar-refractivity contribution < 1.29 is 4.79 Å². The van der Waals surface area contributed by atoms with Gasteiger partial charge in [-0.15, -0.1) is 0 Å². The summed E-state index contributed by atoms with van der Waals surface area (Å²) in [5.41, 5.74) is 4.25. The van der Waals surface area contributed by atoms with E-state index in [2.05, 4.69) is 28.4 Å². The fourth-order valence-electron chi connectivity index (χ4n) is 3.64. The molecule has 0 radical (unpaired) electrons. The number of fused-ring (bicyclic) bond motifs is 1. The zero-order valence-electron chi connectivity index (χ0n) is 14.1. The van der Waals surface area contributed by atoms with Crippen LogP contribution in [-0.2, 0) is 0 Å². The molecule has 0 unspecified atom stereocenters. The van der Waals surface area contributed by atoms with E-state index in [-0.39, 0.29) is 5.91 Å². The Kier molecular flexibility index (Phi) is 3.63. The van der Waals surface area contributed by atoms with E-state index in [4.69, 9.17) is 0 Å². The third kappa shape index (κ3) is 2.50. The average Bonchev–Trinajstić information content (AvgIpc) is 3.24. The van der Waals surface area contributed by atoms with E-state index in [0.717, 1.165) is 48.1 Å². The molecule has 4 rings (SSSR count). The van der Waals surface area contributed by atoms with Gasteiger partial charge in [0.25, 0.3) is 5.91 Å². The largest absolute Gasteiger partial charge is 0.358 e. The first-order valence-electron chi connectivity index (χ1n) is 8.49. The van der Waals surface area contributed by atoms with Crippen LogP contribution in [0.4, 0.5) is 0 Å². The monoisotopic (exact) mass is 322 g/mol. The van der Waals surface area contributed by atoms with Gasteiger partial charge in [-0.25, -0.2) is 4.98 Å². The second kappa shape index (κ2) is 5.82. The van der Waals surface area contributed by atoms with Gasteiger partial charge in [0.05, 0.1) is 12.4 Å².